The average molecular weight is 425 g/mol. The molecule has 4 aliphatic carbocycles. The van der Waals surface area contributed by atoms with Crippen molar-refractivity contribution in [1.29, 1.82) is 0 Å². The molecule has 1 aromatic rings. The molecule has 5 fully saturated rings. The lowest BCUT2D eigenvalue weighted by Gasteiger charge is -2.57. The van der Waals surface area contributed by atoms with Gasteiger partial charge in [0.05, 0.1) is 6.54 Å². The van der Waals surface area contributed by atoms with Crippen molar-refractivity contribution < 1.29 is 14.3 Å². The van der Waals surface area contributed by atoms with Crippen LogP contribution < -0.4 is 0 Å². The summed E-state index contributed by atoms with van der Waals surface area (Å²) in [5, 5.41) is 0. The van der Waals surface area contributed by atoms with Crippen LogP contribution in [0.3, 0.4) is 0 Å². The maximum atomic E-state index is 13.2. The lowest BCUT2D eigenvalue weighted by Crippen LogP contribution is -2.48. The summed E-state index contributed by atoms with van der Waals surface area (Å²) < 4.78 is 5.44. The second-order valence-electron chi connectivity index (χ2n) is 10.8. The molecule has 0 aromatic heterocycles. The van der Waals surface area contributed by atoms with Crippen molar-refractivity contribution in [3.05, 3.63) is 35.9 Å². The van der Waals surface area contributed by atoms with E-state index in [1.54, 1.807) is 0 Å². The Morgan fingerprint density at radius 2 is 1.58 bits per heavy atom. The minimum absolute atomic E-state index is 0.183. The van der Waals surface area contributed by atoms with Crippen molar-refractivity contribution in [2.75, 3.05) is 32.7 Å². The summed E-state index contributed by atoms with van der Waals surface area (Å²) in [4.78, 5) is 29.7. The van der Waals surface area contributed by atoms with Gasteiger partial charge in [0.2, 0.25) is 5.91 Å². The fraction of sp³-hybridized carbons (Fsp3) is 0.692. The van der Waals surface area contributed by atoms with Crippen molar-refractivity contribution >= 4 is 11.9 Å². The number of carbonyl (C=O) groups is 2. The van der Waals surface area contributed by atoms with Gasteiger partial charge >= 0.3 is 5.97 Å². The monoisotopic (exact) mass is 424 g/mol. The van der Waals surface area contributed by atoms with E-state index in [0.717, 1.165) is 62.3 Å². The van der Waals surface area contributed by atoms with Crippen LogP contribution in [-0.4, -0.2) is 54.4 Å². The van der Waals surface area contributed by atoms with E-state index in [1.165, 1.54) is 38.5 Å². The van der Waals surface area contributed by atoms with Gasteiger partial charge in [-0.05, 0) is 73.7 Å². The Kier molecular flexibility index (Phi) is 6.05. The van der Waals surface area contributed by atoms with Crippen molar-refractivity contribution in [2.24, 2.45) is 23.2 Å². The van der Waals surface area contributed by atoms with Gasteiger partial charge in [-0.2, -0.15) is 0 Å². The van der Waals surface area contributed by atoms with Crippen LogP contribution in [0.25, 0.3) is 0 Å². The number of benzene rings is 1. The lowest BCUT2D eigenvalue weighted by atomic mass is 9.49. The summed E-state index contributed by atoms with van der Waals surface area (Å²) in [6.45, 7) is 3.79. The summed E-state index contributed by atoms with van der Waals surface area (Å²) in [6.07, 6.45) is 9.83. The molecule has 168 valence electrons. The van der Waals surface area contributed by atoms with Gasteiger partial charge in [0.15, 0.2) is 0 Å². The first-order chi connectivity index (χ1) is 15.1. The summed E-state index contributed by atoms with van der Waals surface area (Å²) in [5.74, 6) is 2.84. The fourth-order valence-corrected chi connectivity index (χ4v) is 7.28. The SMILES string of the molecule is O=C(CN1CCCN(C(=O)CC23CC4CC(CC(C4)C2)C3)CC1)OCc1ccccc1. The van der Waals surface area contributed by atoms with Crippen molar-refractivity contribution in [3.8, 4) is 0 Å². The average Bonchev–Trinajstić information content (AvgIpc) is 2.97. The highest BCUT2D eigenvalue weighted by Crippen LogP contribution is 2.61. The molecule has 5 aliphatic rings. The zero-order valence-electron chi connectivity index (χ0n) is 18.6. The molecular formula is C26H36N2O3. The third-order valence-electron chi connectivity index (χ3n) is 8.23. The fourth-order valence-electron chi connectivity index (χ4n) is 7.28. The van der Waals surface area contributed by atoms with Crippen LogP contribution in [0, 0.1) is 23.2 Å². The van der Waals surface area contributed by atoms with Crippen LogP contribution in [-0.2, 0) is 20.9 Å². The van der Waals surface area contributed by atoms with Gasteiger partial charge in [-0.15, -0.1) is 0 Å². The molecule has 1 heterocycles. The van der Waals surface area contributed by atoms with Crippen LogP contribution in [0.15, 0.2) is 30.3 Å². The zero-order valence-corrected chi connectivity index (χ0v) is 18.6. The Labute approximate surface area is 186 Å². The third-order valence-corrected chi connectivity index (χ3v) is 8.23. The van der Waals surface area contributed by atoms with E-state index >= 15 is 0 Å². The highest BCUT2D eigenvalue weighted by atomic mass is 16.5. The Balaban J connectivity index is 1.09. The summed E-state index contributed by atoms with van der Waals surface area (Å²) in [5.41, 5.74) is 1.31. The molecule has 0 spiro atoms. The molecule has 1 amide bonds. The summed E-state index contributed by atoms with van der Waals surface area (Å²) in [7, 11) is 0. The van der Waals surface area contributed by atoms with E-state index in [2.05, 4.69) is 9.80 Å². The second-order valence-corrected chi connectivity index (χ2v) is 10.8. The van der Waals surface area contributed by atoms with Crippen LogP contribution in [0.4, 0.5) is 0 Å². The van der Waals surface area contributed by atoms with E-state index in [9.17, 15) is 9.59 Å². The number of ether oxygens (including phenoxy) is 1. The Hall–Kier alpha value is -1.88. The number of esters is 1. The minimum Gasteiger partial charge on any atom is -0.460 e. The van der Waals surface area contributed by atoms with Gasteiger partial charge < -0.3 is 9.64 Å². The number of rotatable bonds is 6. The molecule has 6 rings (SSSR count). The van der Waals surface area contributed by atoms with Gasteiger partial charge in [-0.3, -0.25) is 14.5 Å². The maximum Gasteiger partial charge on any atom is 0.320 e. The molecule has 5 nitrogen and oxygen atoms in total. The second kappa shape index (κ2) is 8.93. The van der Waals surface area contributed by atoms with Crippen molar-refractivity contribution in [1.82, 2.24) is 9.80 Å². The number of hydrogen-bond donors (Lipinski definition) is 0. The van der Waals surface area contributed by atoms with E-state index in [0.29, 0.717) is 24.5 Å². The van der Waals surface area contributed by atoms with Crippen LogP contribution in [0.2, 0.25) is 0 Å². The first-order valence-corrected chi connectivity index (χ1v) is 12.3. The molecule has 1 aliphatic heterocycles. The Morgan fingerprint density at radius 1 is 0.903 bits per heavy atom. The van der Waals surface area contributed by atoms with Gasteiger partial charge in [0, 0.05) is 32.6 Å². The quantitative estimate of drug-likeness (QED) is 0.651. The molecule has 0 atom stereocenters. The van der Waals surface area contributed by atoms with Crippen molar-refractivity contribution in [3.63, 3.8) is 0 Å². The highest BCUT2D eigenvalue weighted by Gasteiger charge is 2.51. The molecule has 4 bridgehead atoms. The molecule has 5 heteroatoms. The minimum atomic E-state index is -0.183. The van der Waals surface area contributed by atoms with E-state index < -0.39 is 0 Å². The van der Waals surface area contributed by atoms with Crippen molar-refractivity contribution in [2.45, 2.75) is 58.0 Å². The Morgan fingerprint density at radius 3 is 2.26 bits per heavy atom. The van der Waals surface area contributed by atoms with Gasteiger partial charge in [0.25, 0.3) is 0 Å². The molecule has 0 unspecified atom stereocenters. The molecular weight excluding hydrogens is 388 g/mol. The third kappa shape index (κ3) is 4.97. The number of hydrogen-bond acceptors (Lipinski definition) is 4. The molecule has 31 heavy (non-hydrogen) atoms. The van der Waals surface area contributed by atoms with Crippen LogP contribution >= 0.6 is 0 Å². The summed E-state index contributed by atoms with van der Waals surface area (Å²) in [6, 6.07) is 9.79. The molecule has 1 saturated heterocycles. The first kappa shape index (κ1) is 21.0. The van der Waals surface area contributed by atoms with Crippen LogP contribution in [0.5, 0.6) is 0 Å². The zero-order chi connectivity index (χ0) is 21.3. The van der Waals surface area contributed by atoms with E-state index in [-0.39, 0.29) is 5.97 Å². The lowest BCUT2D eigenvalue weighted by molar-refractivity contribution is -0.146. The standard InChI is InChI=1S/C26H36N2O3/c29-24(17-26-14-21-11-22(15-26)13-23(12-21)16-26)28-8-4-7-27(9-10-28)18-25(30)31-19-20-5-2-1-3-6-20/h1-3,5-6,21-23H,4,7-19H2. The topological polar surface area (TPSA) is 49.9 Å². The van der Waals surface area contributed by atoms with E-state index in [1.807, 2.05) is 30.3 Å². The molecule has 4 saturated carbocycles. The van der Waals surface area contributed by atoms with Gasteiger partial charge in [0.1, 0.15) is 6.61 Å². The molecule has 1 aromatic carbocycles. The highest BCUT2D eigenvalue weighted by molar-refractivity contribution is 5.77. The predicted molar refractivity (Wildman–Crippen MR) is 119 cm³/mol. The summed E-state index contributed by atoms with van der Waals surface area (Å²) >= 11 is 0. The number of carbonyl (C=O) groups excluding carboxylic acids is 2. The number of amides is 1. The molecule has 0 radical (unpaired) electrons. The van der Waals surface area contributed by atoms with Crippen LogP contribution in [0.1, 0.15) is 56.9 Å². The molecule has 0 N–H and O–H groups in total. The largest absolute Gasteiger partial charge is 0.460 e. The van der Waals surface area contributed by atoms with Gasteiger partial charge in [-0.1, -0.05) is 30.3 Å². The maximum absolute atomic E-state index is 13.2. The smallest absolute Gasteiger partial charge is 0.320 e. The normalized spacial score (nSPS) is 32.6. The first-order valence-electron chi connectivity index (χ1n) is 12.3. The number of nitrogens with zero attached hydrogens (tertiary/aromatic N) is 2. The van der Waals surface area contributed by atoms with Gasteiger partial charge in [-0.25, -0.2) is 0 Å². The predicted octanol–water partition coefficient (Wildman–Crippen LogP) is 3.87. The Bertz CT molecular complexity index is 758. The van der Waals surface area contributed by atoms with E-state index in [4.69, 9.17) is 4.74 Å².